The van der Waals surface area contributed by atoms with Gasteiger partial charge >= 0.3 is 0 Å². The molecule has 0 aliphatic heterocycles. The van der Waals surface area contributed by atoms with Crippen molar-refractivity contribution in [3.8, 4) is 0 Å². The van der Waals surface area contributed by atoms with E-state index < -0.39 is 0 Å². The molecule has 0 bridgehead atoms. The van der Waals surface area contributed by atoms with Crippen LogP contribution >= 0.6 is 38.9 Å². The van der Waals surface area contributed by atoms with Crippen molar-refractivity contribution in [3.05, 3.63) is 32.6 Å². The third-order valence-electron chi connectivity index (χ3n) is 2.41. The van der Waals surface area contributed by atoms with Gasteiger partial charge in [-0.2, -0.15) is 0 Å². The molecule has 1 heterocycles. The monoisotopic (exact) mass is 374 g/mol. The number of carbonyl (C=O) groups excluding carboxylic acids is 1. The number of nitrogens with two attached hydrogens (primary N) is 1. The van der Waals surface area contributed by atoms with Gasteiger partial charge in [-0.1, -0.05) is 22.9 Å². The van der Waals surface area contributed by atoms with Crippen molar-refractivity contribution in [2.45, 2.75) is 0 Å². The number of aromatic nitrogens is 1. The summed E-state index contributed by atoms with van der Waals surface area (Å²) in [6.07, 6.45) is 0. The molecule has 0 saturated carbocycles. The molecule has 1 aromatic heterocycles. The van der Waals surface area contributed by atoms with Crippen molar-refractivity contribution in [3.63, 3.8) is 0 Å². The molecule has 1 aromatic carbocycles. The normalized spacial score (nSPS) is 10.4. The van der Waals surface area contributed by atoms with Crippen molar-refractivity contribution >= 4 is 61.4 Å². The summed E-state index contributed by atoms with van der Waals surface area (Å²) in [5.74, 6) is -0.0718. The first kappa shape index (κ1) is 15.1. The Morgan fingerprint density at radius 2 is 2.20 bits per heavy atom. The van der Waals surface area contributed by atoms with Crippen LogP contribution in [0, 0.1) is 0 Å². The molecule has 0 fully saturated rings. The van der Waals surface area contributed by atoms with Gasteiger partial charge in [-0.3, -0.25) is 4.79 Å². The van der Waals surface area contributed by atoms with Gasteiger partial charge in [0.15, 0.2) is 5.13 Å². The van der Waals surface area contributed by atoms with Crippen molar-refractivity contribution in [1.82, 2.24) is 4.98 Å². The Morgan fingerprint density at radius 1 is 1.50 bits per heavy atom. The van der Waals surface area contributed by atoms with Gasteiger partial charge in [0.1, 0.15) is 10.7 Å². The summed E-state index contributed by atoms with van der Waals surface area (Å²) in [5.41, 5.74) is 6.40. The third-order valence-corrected chi connectivity index (χ3v) is 4.54. The zero-order valence-electron chi connectivity index (χ0n) is 10.8. The highest BCUT2D eigenvalue weighted by atomic mass is 79.9. The summed E-state index contributed by atoms with van der Waals surface area (Å²) in [7, 11) is 3.69. The number of nitrogen functional groups attached to an aromatic ring is 1. The highest BCUT2D eigenvalue weighted by Gasteiger charge is 2.18. The van der Waals surface area contributed by atoms with E-state index in [2.05, 4.69) is 26.2 Å². The van der Waals surface area contributed by atoms with Gasteiger partial charge in [-0.25, -0.2) is 4.98 Å². The Labute approximate surface area is 133 Å². The molecule has 20 heavy (non-hydrogen) atoms. The van der Waals surface area contributed by atoms with E-state index in [0.29, 0.717) is 25.2 Å². The van der Waals surface area contributed by atoms with Crippen LogP contribution in [0.15, 0.2) is 22.7 Å². The van der Waals surface area contributed by atoms with Crippen LogP contribution < -0.4 is 16.0 Å². The lowest BCUT2D eigenvalue weighted by atomic mass is 10.3. The summed E-state index contributed by atoms with van der Waals surface area (Å²) in [5, 5.41) is 4.04. The molecule has 0 unspecified atom stereocenters. The van der Waals surface area contributed by atoms with E-state index in [9.17, 15) is 4.79 Å². The van der Waals surface area contributed by atoms with Gasteiger partial charge in [0.25, 0.3) is 5.91 Å². The van der Waals surface area contributed by atoms with Gasteiger partial charge in [-0.15, -0.1) is 0 Å². The van der Waals surface area contributed by atoms with Crippen LogP contribution in [-0.4, -0.2) is 25.0 Å². The molecule has 1 amide bonds. The quantitative estimate of drug-likeness (QED) is 0.862. The van der Waals surface area contributed by atoms with Crippen LogP contribution in [0.2, 0.25) is 5.02 Å². The minimum Gasteiger partial charge on any atom is -0.382 e. The minimum absolute atomic E-state index is 0.223. The Balaban J connectivity index is 2.24. The zero-order valence-corrected chi connectivity index (χ0v) is 13.9. The minimum atomic E-state index is -0.295. The number of benzene rings is 1. The lowest BCUT2D eigenvalue weighted by Gasteiger charge is -2.07. The second kappa shape index (κ2) is 5.99. The molecule has 2 aromatic rings. The first-order valence-electron chi connectivity index (χ1n) is 5.58. The maximum atomic E-state index is 12.2. The average Bonchev–Trinajstić information content (AvgIpc) is 2.75. The SMILES string of the molecule is CN(C)c1nc(N)c(C(=O)Nc2ccc(Cl)cc2Br)s1. The molecule has 8 heteroatoms. The molecule has 2 rings (SSSR count). The second-order valence-electron chi connectivity index (χ2n) is 4.18. The number of carbonyl (C=O) groups is 1. The topological polar surface area (TPSA) is 71.2 Å². The smallest absolute Gasteiger partial charge is 0.269 e. The summed E-state index contributed by atoms with van der Waals surface area (Å²) in [4.78, 5) is 18.5. The molecule has 0 aliphatic rings. The van der Waals surface area contributed by atoms with Crippen molar-refractivity contribution < 1.29 is 4.79 Å². The molecular formula is C12H12BrClN4OS. The Kier molecular flexibility index (Phi) is 4.52. The summed E-state index contributed by atoms with van der Waals surface area (Å²) >= 11 is 10.4. The van der Waals surface area contributed by atoms with E-state index in [1.165, 1.54) is 11.3 Å². The number of thiazole rings is 1. The van der Waals surface area contributed by atoms with Crippen LogP contribution in [0.25, 0.3) is 0 Å². The van der Waals surface area contributed by atoms with Crippen LogP contribution in [-0.2, 0) is 0 Å². The maximum absolute atomic E-state index is 12.2. The predicted molar refractivity (Wildman–Crippen MR) is 88.0 cm³/mol. The number of anilines is 3. The highest BCUT2D eigenvalue weighted by Crippen LogP contribution is 2.30. The van der Waals surface area contributed by atoms with Gasteiger partial charge in [0, 0.05) is 23.6 Å². The van der Waals surface area contributed by atoms with Crippen LogP contribution in [0.1, 0.15) is 9.67 Å². The Hall–Kier alpha value is -1.31. The first-order valence-corrected chi connectivity index (χ1v) is 7.57. The van der Waals surface area contributed by atoms with E-state index in [1.807, 2.05) is 14.1 Å². The molecular weight excluding hydrogens is 364 g/mol. The van der Waals surface area contributed by atoms with E-state index in [0.717, 1.165) is 0 Å². The maximum Gasteiger partial charge on any atom is 0.269 e. The predicted octanol–water partition coefficient (Wildman–Crippen LogP) is 3.46. The summed E-state index contributed by atoms with van der Waals surface area (Å²) in [6, 6.07) is 5.12. The van der Waals surface area contributed by atoms with E-state index in [4.69, 9.17) is 17.3 Å². The molecule has 3 N–H and O–H groups in total. The Morgan fingerprint density at radius 3 is 2.75 bits per heavy atom. The van der Waals surface area contributed by atoms with E-state index in [-0.39, 0.29) is 11.7 Å². The fraction of sp³-hybridized carbons (Fsp3) is 0.167. The van der Waals surface area contributed by atoms with Crippen LogP contribution in [0.5, 0.6) is 0 Å². The molecule has 5 nitrogen and oxygen atoms in total. The van der Waals surface area contributed by atoms with E-state index in [1.54, 1.807) is 23.1 Å². The lowest BCUT2D eigenvalue weighted by Crippen LogP contribution is -2.12. The molecule has 0 spiro atoms. The highest BCUT2D eigenvalue weighted by molar-refractivity contribution is 9.10. The van der Waals surface area contributed by atoms with Crippen molar-refractivity contribution in [1.29, 1.82) is 0 Å². The molecule has 0 radical (unpaired) electrons. The first-order chi connectivity index (χ1) is 9.38. The third kappa shape index (κ3) is 3.23. The number of amides is 1. The fourth-order valence-electron chi connectivity index (χ4n) is 1.44. The molecule has 0 aliphatic carbocycles. The average molecular weight is 376 g/mol. The van der Waals surface area contributed by atoms with Gasteiger partial charge in [-0.05, 0) is 34.1 Å². The molecule has 106 valence electrons. The van der Waals surface area contributed by atoms with Crippen molar-refractivity contribution in [2.75, 3.05) is 30.0 Å². The number of nitrogens with one attached hydrogen (secondary N) is 1. The summed E-state index contributed by atoms with van der Waals surface area (Å²) < 4.78 is 0.703. The number of hydrogen-bond acceptors (Lipinski definition) is 5. The standard InChI is InChI=1S/C12H12BrClN4OS/c1-18(2)12-17-10(15)9(20-12)11(19)16-8-4-3-6(14)5-7(8)13/h3-5H,15H2,1-2H3,(H,16,19). The van der Waals surface area contributed by atoms with Crippen molar-refractivity contribution in [2.24, 2.45) is 0 Å². The zero-order chi connectivity index (χ0) is 14.9. The number of hydrogen-bond donors (Lipinski definition) is 2. The largest absolute Gasteiger partial charge is 0.382 e. The molecule has 0 atom stereocenters. The number of halogens is 2. The van der Waals surface area contributed by atoms with Gasteiger partial charge in [0.2, 0.25) is 0 Å². The summed E-state index contributed by atoms with van der Waals surface area (Å²) in [6.45, 7) is 0. The Bertz CT molecular complexity index is 659. The number of rotatable bonds is 3. The second-order valence-corrected chi connectivity index (χ2v) is 6.45. The van der Waals surface area contributed by atoms with E-state index >= 15 is 0 Å². The number of nitrogens with zero attached hydrogens (tertiary/aromatic N) is 2. The van der Waals surface area contributed by atoms with Crippen LogP contribution in [0.4, 0.5) is 16.6 Å². The fourth-order valence-corrected chi connectivity index (χ4v) is 3.03. The van der Waals surface area contributed by atoms with Gasteiger partial charge in [0.05, 0.1) is 5.69 Å². The van der Waals surface area contributed by atoms with Crippen LogP contribution in [0.3, 0.4) is 0 Å². The lowest BCUT2D eigenvalue weighted by molar-refractivity contribution is 0.103. The molecule has 0 saturated heterocycles. The van der Waals surface area contributed by atoms with Gasteiger partial charge < -0.3 is 16.0 Å².